The molecule has 0 radical (unpaired) electrons. The molecule has 5 heteroatoms. The predicted octanol–water partition coefficient (Wildman–Crippen LogP) is 2.78. The summed E-state index contributed by atoms with van der Waals surface area (Å²) in [5.74, 6) is 0.992. The molecule has 1 aliphatic heterocycles. The third-order valence-electron chi connectivity index (χ3n) is 4.99. The lowest BCUT2D eigenvalue weighted by Crippen LogP contribution is -2.36. The standard InChI is InChI=1S/C22H28N2O3/c1-23(12-11-18-5-9-21(26-2)10-6-18)22(25)17-19-3-7-20(8-4-19)24-13-15-27-16-14-24/h3-10H,11-17H2,1-2H3. The van der Waals surface area contributed by atoms with Gasteiger partial charge in [-0.15, -0.1) is 0 Å². The van der Waals surface area contributed by atoms with Crippen LogP contribution in [-0.4, -0.2) is 57.8 Å². The molecule has 0 aromatic heterocycles. The molecule has 1 fully saturated rings. The fourth-order valence-electron chi connectivity index (χ4n) is 3.17. The molecular formula is C22H28N2O3. The molecule has 1 heterocycles. The van der Waals surface area contributed by atoms with Gasteiger partial charge in [-0.25, -0.2) is 0 Å². The summed E-state index contributed by atoms with van der Waals surface area (Å²) in [5, 5.41) is 0. The van der Waals surface area contributed by atoms with Crippen molar-refractivity contribution >= 4 is 11.6 Å². The van der Waals surface area contributed by atoms with Gasteiger partial charge in [0.25, 0.3) is 0 Å². The Balaban J connectivity index is 1.48. The Morgan fingerprint density at radius 2 is 1.67 bits per heavy atom. The lowest BCUT2D eigenvalue weighted by atomic mass is 10.1. The first-order valence-electron chi connectivity index (χ1n) is 9.44. The Hall–Kier alpha value is -2.53. The Labute approximate surface area is 161 Å². The van der Waals surface area contributed by atoms with E-state index in [4.69, 9.17) is 9.47 Å². The molecule has 1 amide bonds. The summed E-state index contributed by atoms with van der Waals surface area (Å²) in [5.41, 5.74) is 3.45. The van der Waals surface area contributed by atoms with Gasteiger partial charge in [0, 0.05) is 32.4 Å². The van der Waals surface area contributed by atoms with Gasteiger partial charge in [-0.1, -0.05) is 24.3 Å². The van der Waals surface area contributed by atoms with Crippen molar-refractivity contribution in [2.24, 2.45) is 0 Å². The van der Waals surface area contributed by atoms with Crippen LogP contribution in [0.3, 0.4) is 0 Å². The molecule has 0 unspecified atom stereocenters. The number of amides is 1. The summed E-state index contributed by atoms with van der Waals surface area (Å²) >= 11 is 0. The van der Waals surface area contributed by atoms with Gasteiger partial charge in [0.05, 0.1) is 26.7 Å². The Morgan fingerprint density at radius 3 is 2.30 bits per heavy atom. The van der Waals surface area contributed by atoms with E-state index in [0.717, 1.165) is 44.0 Å². The summed E-state index contributed by atoms with van der Waals surface area (Å²) in [4.78, 5) is 16.6. The first-order valence-corrected chi connectivity index (χ1v) is 9.44. The van der Waals surface area contributed by atoms with Crippen LogP contribution in [-0.2, 0) is 22.4 Å². The van der Waals surface area contributed by atoms with E-state index in [2.05, 4.69) is 29.2 Å². The molecule has 2 aromatic carbocycles. The zero-order chi connectivity index (χ0) is 19.1. The normalized spacial score (nSPS) is 14.1. The number of carbonyl (C=O) groups excluding carboxylic acids is 1. The number of methoxy groups -OCH3 is 1. The second kappa shape index (κ2) is 9.42. The molecule has 0 spiro atoms. The fraction of sp³-hybridized carbons (Fsp3) is 0.409. The van der Waals surface area contributed by atoms with Gasteiger partial charge in [0.15, 0.2) is 0 Å². The number of carbonyl (C=O) groups is 1. The summed E-state index contributed by atoms with van der Waals surface area (Å²) < 4.78 is 10.6. The summed E-state index contributed by atoms with van der Waals surface area (Å²) in [6.45, 7) is 4.11. The lowest BCUT2D eigenvalue weighted by molar-refractivity contribution is -0.129. The summed E-state index contributed by atoms with van der Waals surface area (Å²) in [6, 6.07) is 16.3. The second-order valence-electron chi connectivity index (χ2n) is 6.86. The van der Waals surface area contributed by atoms with Crippen molar-refractivity contribution in [1.82, 2.24) is 4.90 Å². The van der Waals surface area contributed by atoms with Crippen molar-refractivity contribution in [2.75, 3.05) is 51.9 Å². The van der Waals surface area contributed by atoms with Crippen molar-refractivity contribution in [3.63, 3.8) is 0 Å². The van der Waals surface area contributed by atoms with Crippen LogP contribution >= 0.6 is 0 Å². The van der Waals surface area contributed by atoms with Gasteiger partial charge in [-0.3, -0.25) is 4.79 Å². The zero-order valence-corrected chi connectivity index (χ0v) is 16.2. The molecule has 0 aliphatic carbocycles. The summed E-state index contributed by atoms with van der Waals surface area (Å²) in [7, 11) is 3.53. The number of ether oxygens (including phenoxy) is 2. The third kappa shape index (κ3) is 5.47. The highest BCUT2D eigenvalue weighted by molar-refractivity contribution is 5.78. The molecule has 3 rings (SSSR count). The van der Waals surface area contributed by atoms with Crippen LogP contribution in [0.25, 0.3) is 0 Å². The van der Waals surface area contributed by atoms with E-state index in [1.54, 1.807) is 12.0 Å². The first-order chi connectivity index (χ1) is 13.2. The van der Waals surface area contributed by atoms with Crippen molar-refractivity contribution in [3.8, 4) is 5.75 Å². The Kier molecular flexibility index (Phi) is 6.71. The molecule has 0 saturated carbocycles. The van der Waals surface area contributed by atoms with Crippen molar-refractivity contribution in [1.29, 1.82) is 0 Å². The van der Waals surface area contributed by atoms with Crippen LogP contribution in [0.15, 0.2) is 48.5 Å². The highest BCUT2D eigenvalue weighted by atomic mass is 16.5. The number of nitrogens with zero attached hydrogens (tertiary/aromatic N) is 2. The highest BCUT2D eigenvalue weighted by Gasteiger charge is 2.13. The second-order valence-corrected chi connectivity index (χ2v) is 6.86. The molecule has 5 nitrogen and oxygen atoms in total. The van der Waals surface area contributed by atoms with Crippen LogP contribution in [0, 0.1) is 0 Å². The minimum absolute atomic E-state index is 0.141. The van der Waals surface area contributed by atoms with Crippen LogP contribution in [0.1, 0.15) is 11.1 Å². The molecule has 0 atom stereocenters. The summed E-state index contributed by atoms with van der Waals surface area (Å²) in [6.07, 6.45) is 1.27. The topological polar surface area (TPSA) is 42.0 Å². The molecular weight excluding hydrogens is 340 g/mol. The minimum atomic E-state index is 0.141. The maximum Gasteiger partial charge on any atom is 0.226 e. The number of anilines is 1. The van der Waals surface area contributed by atoms with Gasteiger partial charge in [0.1, 0.15) is 5.75 Å². The maximum atomic E-state index is 12.5. The van der Waals surface area contributed by atoms with Crippen molar-refractivity contribution < 1.29 is 14.3 Å². The molecule has 0 bridgehead atoms. The minimum Gasteiger partial charge on any atom is -0.497 e. The molecule has 2 aromatic rings. The number of hydrogen-bond donors (Lipinski definition) is 0. The number of rotatable bonds is 7. The Morgan fingerprint density at radius 1 is 1.04 bits per heavy atom. The van der Waals surface area contributed by atoms with Crippen LogP contribution < -0.4 is 9.64 Å². The Bertz CT molecular complexity index is 722. The fourth-order valence-corrected chi connectivity index (χ4v) is 3.17. The lowest BCUT2D eigenvalue weighted by Gasteiger charge is -2.29. The van der Waals surface area contributed by atoms with Gasteiger partial charge < -0.3 is 19.3 Å². The quantitative estimate of drug-likeness (QED) is 0.754. The molecule has 144 valence electrons. The first kappa shape index (κ1) is 19.2. The van der Waals surface area contributed by atoms with Gasteiger partial charge in [0.2, 0.25) is 5.91 Å². The van der Waals surface area contributed by atoms with Crippen molar-refractivity contribution in [3.05, 3.63) is 59.7 Å². The predicted molar refractivity (Wildman–Crippen MR) is 108 cm³/mol. The number of likely N-dealkylation sites (N-methyl/N-ethyl adjacent to an activating group) is 1. The van der Waals surface area contributed by atoms with Gasteiger partial charge in [-0.2, -0.15) is 0 Å². The van der Waals surface area contributed by atoms with Crippen LogP contribution in [0.5, 0.6) is 5.75 Å². The number of morpholine rings is 1. The van der Waals surface area contributed by atoms with E-state index in [1.807, 2.05) is 31.3 Å². The monoisotopic (exact) mass is 368 g/mol. The molecule has 1 saturated heterocycles. The SMILES string of the molecule is COc1ccc(CCN(C)C(=O)Cc2ccc(N3CCOCC3)cc2)cc1. The number of benzene rings is 2. The highest BCUT2D eigenvalue weighted by Crippen LogP contribution is 2.17. The van der Waals surface area contributed by atoms with E-state index in [9.17, 15) is 4.79 Å². The van der Waals surface area contributed by atoms with E-state index >= 15 is 0 Å². The van der Waals surface area contributed by atoms with Gasteiger partial charge >= 0.3 is 0 Å². The average Bonchev–Trinajstić information content (AvgIpc) is 2.73. The van der Waals surface area contributed by atoms with E-state index in [-0.39, 0.29) is 5.91 Å². The van der Waals surface area contributed by atoms with Crippen LogP contribution in [0.2, 0.25) is 0 Å². The molecule has 1 aliphatic rings. The third-order valence-corrected chi connectivity index (χ3v) is 4.99. The largest absolute Gasteiger partial charge is 0.497 e. The van der Waals surface area contributed by atoms with E-state index < -0.39 is 0 Å². The smallest absolute Gasteiger partial charge is 0.226 e. The molecule has 27 heavy (non-hydrogen) atoms. The van der Waals surface area contributed by atoms with E-state index in [0.29, 0.717) is 13.0 Å². The zero-order valence-electron chi connectivity index (χ0n) is 16.2. The molecule has 0 N–H and O–H groups in total. The maximum absolute atomic E-state index is 12.5. The number of hydrogen-bond acceptors (Lipinski definition) is 4. The van der Waals surface area contributed by atoms with Gasteiger partial charge in [-0.05, 0) is 41.8 Å². The van der Waals surface area contributed by atoms with Crippen LogP contribution in [0.4, 0.5) is 5.69 Å². The van der Waals surface area contributed by atoms with E-state index in [1.165, 1.54) is 11.3 Å². The van der Waals surface area contributed by atoms with Crippen molar-refractivity contribution in [2.45, 2.75) is 12.8 Å². The average molecular weight is 368 g/mol.